The molecule has 0 aromatic heterocycles. The van der Waals surface area contributed by atoms with Gasteiger partial charge in [-0.25, -0.2) is 9.18 Å². The highest BCUT2D eigenvalue weighted by atomic mass is 19.1. The average Bonchev–Trinajstić information content (AvgIpc) is 2.41. The molecule has 1 N–H and O–H groups in total. The normalized spacial score (nSPS) is 10.5. The molecule has 0 radical (unpaired) electrons. The number of urea groups is 1. The molecule has 0 fully saturated rings. The highest BCUT2D eigenvalue weighted by Gasteiger charge is 2.14. The van der Waals surface area contributed by atoms with Gasteiger partial charge in [0.2, 0.25) is 0 Å². The van der Waals surface area contributed by atoms with Crippen molar-refractivity contribution in [3.8, 4) is 5.75 Å². The highest BCUT2D eigenvalue weighted by Crippen LogP contribution is 2.20. The summed E-state index contributed by atoms with van der Waals surface area (Å²) in [5.41, 5.74) is 0.152. The van der Waals surface area contributed by atoms with Crippen molar-refractivity contribution in [1.82, 2.24) is 9.80 Å². The van der Waals surface area contributed by atoms with Gasteiger partial charge in [-0.3, -0.25) is 0 Å². The van der Waals surface area contributed by atoms with E-state index in [2.05, 4.69) is 5.32 Å². The predicted molar refractivity (Wildman–Crippen MR) is 77.8 cm³/mol. The van der Waals surface area contributed by atoms with Crippen LogP contribution >= 0.6 is 0 Å². The molecule has 0 spiro atoms. The quantitative estimate of drug-likeness (QED) is 0.871. The molecule has 0 aliphatic heterocycles. The van der Waals surface area contributed by atoms with Crippen molar-refractivity contribution in [2.45, 2.75) is 6.92 Å². The molecule has 0 aliphatic rings. The van der Waals surface area contributed by atoms with Gasteiger partial charge in [-0.05, 0) is 33.2 Å². The van der Waals surface area contributed by atoms with Crippen molar-refractivity contribution < 1.29 is 13.9 Å². The van der Waals surface area contributed by atoms with Crippen LogP contribution < -0.4 is 10.1 Å². The Hall–Kier alpha value is -1.82. The Morgan fingerprint density at radius 2 is 2.05 bits per heavy atom. The molecule has 0 saturated carbocycles. The molecule has 112 valence electrons. The van der Waals surface area contributed by atoms with E-state index in [0.717, 1.165) is 6.54 Å². The maximum Gasteiger partial charge on any atom is 0.321 e. The fraction of sp³-hybridized carbons (Fsp3) is 0.500. The van der Waals surface area contributed by atoms with Crippen LogP contribution in [0.1, 0.15) is 6.92 Å². The summed E-state index contributed by atoms with van der Waals surface area (Å²) in [7, 11) is 5.34. The van der Waals surface area contributed by atoms with Crippen LogP contribution in [0.5, 0.6) is 5.75 Å². The van der Waals surface area contributed by atoms with Crippen molar-refractivity contribution in [3.63, 3.8) is 0 Å². The van der Waals surface area contributed by atoms with Gasteiger partial charge < -0.3 is 19.9 Å². The number of hydrogen-bond acceptors (Lipinski definition) is 3. The van der Waals surface area contributed by atoms with Gasteiger partial charge in [-0.15, -0.1) is 0 Å². The Balaban J connectivity index is 2.68. The van der Waals surface area contributed by atoms with Crippen LogP contribution in [0.4, 0.5) is 14.9 Å². The minimum Gasteiger partial charge on any atom is -0.497 e. The van der Waals surface area contributed by atoms with E-state index in [1.54, 1.807) is 11.0 Å². The van der Waals surface area contributed by atoms with Gasteiger partial charge >= 0.3 is 6.03 Å². The van der Waals surface area contributed by atoms with Crippen LogP contribution in [0, 0.1) is 5.82 Å². The third kappa shape index (κ3) is 4.70. The molecular formula is C14H22FN3O2. The van der Waals surface area contributed by atoms with Gasteiger partial charge in [0.25, 0.3) is 0 Å². The van der Waals surface area contributed by atoms with Crippen LogP contribution in [0.25, 0.3) is 0 Å². The monoisotopic (exact) mass is 283 g/mol. The van der Waals surface area contributed by atoms with E-state index >= 15 is 0 Å². The van der Waals surface area contributed by atoms with E-state index in [1.165, 1.54) is 19.2 Å². The molecule has 0 unspecified atom stereocenters. The fourth-order valence-electron chi connectivity index (χ4n) is 1.64. The zero-order valence-electron chi connectivity index (χ0n) is 12.4. The van der Waals surface area contributed by atoms with Crippen LogP contribution in [0.15, 0.2) is 18.2 Å². The van der Waals surface area contributed by atoms with Crippen LogP contribution in [-0.2, 0) is 0 Å². The molecule has 1 aromatic carbocycles. The largest absolute Gasteiger partial charge is 0.497 e. The van der Waals surface area contributed by atoms with Crippen molar-refractivity contribution >= 4 is 11.7 Å². The van der Waals surface area contributed by atoms with Crippen LogP contribution in [-0.4, -0.2) is 56.7 Å². The molecule has 20 heavy (non-hydrogen) atoms. The number of anilines is 1. The molecular weight excluding hydrogens is 261 g/mol. The summed E-state index contributed by atoms with van der Waals surface area (Å²) in [4.78, 5) is 15.7. The van der Waals surface area contributed by atoms with Crippen LogP contribution in [0.2, 0.25) is 0 Å². The Bertz CT molecular complexity index is 452. The van der Waals surface area contributed by atoms with E-state index in [1.807, 2.05) is 25.9 Å². The molecule has 1 aromatic rings. The number of benzene rings is 1. The lowest BCUT2D eigenvalue weighted by Crippen LogP contribution is -2.39. The number of methoxy groups -OCH3 is 1. The van der Waals surface area contributed by atoms with Gasteiger partial charge in [0, 0.05) is 25.7 Å². The highest BCUT2D eigenvalue weighted by molar-refractivity contribution is 5.89. The maximum absolute atomic E-state index is 13.8. The smallest absolute Gasteiger partial charge is 0.321 e. The first-order chi connectivity index (χ1) is 9.47. The minimum atomic E-state index is -0.513. The van der Waals surface area contributed by atoms with Crippen molar-refractivity contribution in [3.05, 3.63) is 24.0 Å². The number of ether oxygens (including phenoxy) is 1. The standard InChI is InChI=1S/C14H22FN3O2/c1-5-18(9-8-17(2)3)14(19)16-13-7-6-11(20-4)10-12(13)15/h6-7,10H,5,8-9H2,1-4H3,(H,16,19). The third-order valence-electron chi connectivity index (χ3n) is 2.90. The Labute approximate surface area is 119 Å². The maximum atomic E-state index is 13.8. The molecule has 1 rings (SSSR count). The second-order valence-corrected chi connectivity index (χ2v) is 4.66. The number of halogens is 1. The fourth-order valence-corrected chi connectivity index (χ4v) is 1.64. The molecule has 0 aliphatic carbocycles. The molecule has 0 heterocycles. The Morgan fingerprint density at radius 1 is 1.35 bits per heavy atom. The topological polar surface area (TPSA) is 44.8 Å². The van der Waals surface area contributed by atoms with E-state index in [4.69, 9.17) is 4.74 Å². The second-order valence-electron chi connectivity index (χ2n) is 4.66. The third-order valence-corrected chi connectivity index (χ3v) is 2.90. The summed E-state index contributed by atoms with van der Waals surface area (Å²) < 4.78 is 18.7. The summed E-state index contributed by atoms with van der Waals surface area (Å²) >= 11 is 0. The first-order valence-electron chi connectivity index (χ1n) is 6.52. The van der Waals surface area contributed by atoms with Gasteiger partial charge in [0.05, 0.1) is 12.8 Å². The zero-order valence-corrected chi connectivity index (χ0v) is 12.4. The first kappa shape index (κ1) is 16.2. The van der Waals surface area contributed by atoms with E-state index in [9.17, 15) is 9.18 Å². The van der Waals surface area contributed by atoms with Gasteiger partial charge in [-0.2, -0.15) is 0 Å². The number of carbonyl (C=O) groups excluding carboxylic acids is 1. The summed E-state index contributed by atoms with van der Waals surface area (Å²) in [6.45, 7) is 3.80. The lowest BCUT2D eigenvalue weighted by atomic mass is 10.3. The SMILES string of the molecule is CCN(CCN(C)C)C(=O)Nc1ccc(OC)cc1F. The van der Waals surface area contributed by atoms with Crippen LogP contribution in [0.3, 0.4) is 0 Å². The van der Waals surface area contributed by atoms with E-state index in [0.29, 0.717) is 18.8 Å². The lowest BCUT2D eigenvalue weighted by Gasteiger charge is -2.23. The van der Waals surface area contributed by atoms with Gasteiger partial charge in [-0.1, -0.05) is 0 Å². The number of carbonyl (C=O) groups is 1. The summed E-state index contributed by atoms with van der Waals surface area (Å²) in [5.74, 6) is -0.0955. The molecule has 2 amide bonds. The number of rotatable bonds is 6. The number of hydrogen-bond donors (Lipinski definition) is 1. The van der Waals surface area contributed by atoms with Gasteiger partial charge in [0.15, 0.2) is 0 Å². The summed E-state index contributed by atoms with van der Waals surface area (Å²) in [6, 6.07) is 4.03. The van der Waals surface area contributed by atoms with E-state index in [-0.39, 0.29) is 11.7 Å². The summed E-state index contributed by atoms with van der Waals surface area (Å²) in [5, 5.41) is 2.57. The zero-order chi connectivity index (χ0) is 15.1. The molecule has 0 bridgehead atoms. The number of nitrogens with one attached hydrogen (secondary N) is 1. The van der Waals surface area contributed by atoms with Crippen molar-refractivity contribution in [2.24, 2.45) is 0 Å². The van der Waals surface area contributed by atoms with Crippen molar-refractivity contribution in [1.29, 1.82) is 0 Å². The first-order valence-corrected chi connectivity index (χ1v) is 6.52. The number of amides is 2. The minimum absolute atomic E-state index is 0.152. The molecule has 6 heteroatoms. The van der Waals surface area contributed by atoms with Crippen molar-refractivity contribution in [2.75, 3.05) is 46.2 Å². The van der Waals surface area contributed by atoms with Gasteiger partial charge in [0.1, 0.15) is 11.6 Å². The second kappa shape index (κ2) is 7.69. The Morgan fingerprint density at radius 3 is 2.55 bits per heavy atom. The lowest BCUT2D eigenvalue weighted by molar-refractivity contribution is 0.208. The van der Waals surface area contributed by atoms with E-state index < -0.39 is 5.82 Å². The number of likely N-dealkylation sites (N-methyl/N-ethyl adjacent to an activating group) is 2. The average molecular weight is 283 g/mol. The predicted octanol–water partition coefficient (Wildman–Crippen LogP) is 2.25. The Kier molecular flexibility index (Phi) is 6.24. The number of nitrogens with zero attached hydrogens (tertiary/aromatic N) is 2. The molecule has 0 saturated heterocycles. The molecule has 0 atom stereocenters. The molecule has 5 nitrogen and oxygen atoms in total. The summed E-state index contributed by atoms with van der Waals surface area (Å²) in [6.07, 6.45) is 0.